The lowest BCUT2D eigenvalue weighted by Gasteiger charge is -2.38. The third-order valence-corrected chi connectivity index (χ3v) is 4.30. The van der Waals surface area contributed by atoms with Gasteiger partial charge in [0.05, 0.1) is 0 Å². The topological polar surface area (TPSA) is 69.6 Å². The van der Waals surface area contributed by atoms with E-state index in [1.54, 1.807) is 4.90 Å². The van der Waals surface area contributed by atoms with E-state index in [1.165, 1.54) is 0 Å². The van der Waals surface area contributed by atoms with Crippen molar-refractivity contribution >= 4 is 12.0 Å². The number of urea groups is 1. The number of carbonyl (C=O) groups excluding carboxylic acids is 1. The van der Waals surface area contributed by atoms with Gasteiger partial charge in [0, 0.05) is 26.1 Å². The molecule has 1 rings (SSSR count). The second-order valence-corrected chi connectivity index (χ2v) is 6.90. The highest BCUT2D eigenvalue weighted by atomic mass is 16.4. The molecule has 0 aliphatic heterocycles. The number of carboxylic acid groups (broad SMARTS) is 1. The van der Waals surface area contributed by atoms with Gasteiger partial charge in [-0.2, -0.15) is 0 Å². The molecule has 20 heavy (non-hydrogen) atoms. The molecular formula is C15H28N2O3. The molecule has 1 atom stereocenters. The van der Waals surface area contributed by atoms with Gasteiger partial charge < -0.3 is 15.3 Å². The molecule has 1 aliphatic rings. The Morgan fingerprint density at radius 3 is 2.40 bits per heavy atom. The first kappa shape index (κ1) is 16.8. The van der Waals surface area contributed by atoms with E-state index in [0.29, 0.717) is 18.0 Å². The van der Waals surface area contributed by atoms with Crippen molar-refractivity contribution in [3.05, 3.63) is 0 Å². The van der Waals surface area contributed by atoms with Crippen LogP contribution in [0.1, 0.15) is 52.9 Å². The van der Waals surface area contributed by atoms with Crippen LogP contribution in [-0.2, 0) is 4.79 Å². The predicted molar refractivity (Wildman–Crippen MR) is 78.6 cm³/mol. The lowest BCUT2D eigenvalue weighted by molar-refractivity contribution is -0.137. The van der Waals surface area contributed by atoms with E-state index in [4.69, 9.17) is 5.11 Å². The van der Waals surface area contributed by atoms with Gasteiger partial charge in [-0.1, -0.05) is 20.8 Å². The van der Waals surface area contributed by atoms with Gasteiger partial charge in [0.1, 0.15) is 0 Å². The van der Waals surface area contributed by atoms with Crippen molar-refractivity contribution < 1.29 is 14.7 Å². The number of nitrogens with one attached hydrogen (secondary N) is 1. The van der Waals surface area contributed by atoms with Gasteiger partial charge in [0.15, 0.2) is 0 Å². The van der Waals surface area contributed by atoms with Crippen LogP contribution in [0.2, 0.25) is 0 Å². The Kier molecular flexibility index (Phi) is 5.84. The first-order chi connectivity index (χ1) is 9.21. The minimum absolute atomic E-state index is 0.0462. The van der Waals surface area contributed by atoms with Crippen molar-refractivity contribution in [3.8, 4) is 0 Å². The number of amides is 2. The Morgan fingerprint density at radius 2 is 1.90 bits per heavy atom. The van der Waals surface area contributed by atoms with Crippen LogP contribution in [-0.4, -0.2) is 41.6 Å². The van der Waals surface area contributed by atoms with E-state index in [9.17, 15) is 9.59 Å². The third-order valence-electron chi connectivity index (χ3n) is 4.30. The number of aliphatic carboxylic acids is 1. The number of carbonyl (C=O) groups is 2. The molecule has 0 radical (unpaired) electrons. The summed E-state index contributed by atoms with van der Waals surface area (Å²) in [5, 5.41) is 11.5. The summed E-state index contributed by atoms with van der Waals surface area (Å²) in [6.45, 7) is 6.79. The van der Waals surface area contributed by atoms with Crippen LogP contribution in [0.3, 0.4) is 0 Å². The van der Waals surface area contributed by atoms with Gasteiger partial charge >= 0.3 is 12.0 Å². The van der Waals surface area contributed by atoms with E-state index in [2.05, 4.69) is 19.2 Å². The van der Waals surface area contributed by atoms with Crippen molar-refractivity contribution in [1.29, 1.82) is 0 Å². The highest BCUT2D eigenvalue weighted by molar-refractivity contribution is 5.74. The Hall–Kier alpha value is -1.26. The maximum absolute atomic E-state index is 12.1. The van der Waals surface area contributed by atoms with Crippen LogP contribution in [0, 0.1) is 11.3 Å². The number of hydrogen-bond acceptors (Lipinski definition) is 2. The minimum Gasteiger partial charge on any atom is -0.481 e. The Balaban J connectivity index is 2.34. The zero-order chi connectivity index (χ0) is 15.3. The largest absolute Gasteiger partial charge is 0.481 e. The van der Waals surface area contributed by atoms with Gasteiger partial charge in [-0.25, -0.2) is 4.79 Å². The highest BCUT2D eigenvalue weighted by Crippen LogP contribution is 2.36. The van der Waals surface area contributed by atoms with E-state index >= 15 is 0 Å². The molecule has 0 aromatic carbocycles. The van der Waals surface area contributed by atoms with Gasteiger partial charge in [-0.3, -0.25) is 4.79 Å². The molecule has 1 unspecified atom stereocenters. The van der Waals surface area contributed by atoms with Crippen LogP contribution in [0.25, 0.3) is 0 Å². The molecule has 0 bridgehead atoms. The van der Waals surface area contributed by atoms with Crippen molar-refractivity contribution in [3.63, 3.8) is 0 Å². The molecule has 0 saturated heterocycles. The lowest BCUT2D eigenvalue weighted by Crippen LogP contribution is -2.46. The summed E-state index contributed by atoms with van der Waals surface area (Å²) in [5.41, 5.74) is 0.393. The molecule has 2 N–H and O–H groups in total. The zero-order valence-electron chi connectivity index (χ0n) is 13.1. The van der Waals surface area contributed by atoms with Crippen LogP contribution in [0.5, 0.6) is 0 Å². The van der Waals surface area contributed by atoms with Gasteiger partial charge in [0.2, 0.25) is 0 Å². The molecule has 1 aliphatic carbocycles. The third kappa shape index (κ3) is 5.39. The van der Waals surface area contributed by atoms with Crippen molar-refractivity contribution in [1.82, 2.24) is 10.2 Å². The van der Waals surface area contributed by atoms with E-state index in [-0.39, 0.29) is 18.4 Å². The summed E-state index contributed by atoms with van der Waals surface area (Å²) in [7, 11) is 1.83. The number of nitrogens with zero attached hydrogens (tertiary/aromatic N) is 1. The first-order valence-corrected chi connectivity index (χ1v) is 7.44. The number of rotatable bonds is 5. The molecule has 0 heterocycles. The van der Waals surface area contributed by atoms with Crippen LogP contribution < -0.4 is 5.32 Å². The fraction of sp³-hybridized carbons (Fsp3) is 0.867. The zero-order valence-corrected chi connectivity index (χ0v) is 13.1. The summed E-state index contributed by atoms with van der Waals surface area (Å²) in [6.07, 6.45) is 4.46. The first-order valence-electron chi connectivity index (χ1n) is 7.44. The highest BCUT2D eigenvalue weighted by Gasteiger charge is 2.30. The smallest absolute Gasteiger partial charge is 0.317 e. The average molecular weight is 284 g/mol. The molecule has 0 aromatic rings. The summed E-state index contributed by atoms with van der Waals surface area (Å²) < 4.78 is 0. The minimum atomic E-state index is -0.824. The Bertz CT molecular complexity index is 345. The predicted octanol–water partition coefficient (Wildman–Crippen LogP) is 2.71. The maximum atomic E-state index is 12.1. The molecule has 116 valence electrons. The maximum Gasteiger partial charge on any atom is 0.317 e. The average Bonchev–Trinajstić information content (AvgIpc) is 2.34. The fourth-order valence-electron chi connectivity index (χ4n) is 2.69. The Morgan fingerprint density at radius 1 is 1.35 bits per heavy atom. The summed E-state index contributed by atoms with van der Waals surface area (Å²) >= 11 is 0. The van der Waals surface area contributed by atoms with Gasteiger partial charge in [-0.05, 0) is 37.0 Å². The SMILES string of the molecule is CC(CNC(=O)N(C)C1CCC(C)(C)CC1)CC(=O)O. The van der Waals surface area contributed by atoms with E-state index < -0.39 is 5.97 Å². The summed E-state index contributed by atoms with van der Waals surface area (Å²) in [5.74, 6) is -0.871. The molecule has 5 heteroatoms. The van der Waals surface area contributed by atoms with Gasteiger partial charge in [-0.15, -0.1) is 0 Å². The van der Waals surface area contributed by atoms with E-state index in [1.807, 2.05) is 14.0 Å². The summed E-state index contributed by atoms with van der Waals surface area (Å²) in [6, 6.07) is 0.213. The molecule has 5 nitrogen and oxygen atoms in total. The molecule has 1 saturated carbocycles. The standard InChI is InChI=1S/C15H28N2O3/c1-11(9-13(18)19)10-16-14(20)17(4)12-5-7-15(2,3)8-6-12/h11-12H,5-10H2,1-4H3,(H,16,20)(H,18,19). The van der Waals surface area contributed by atoms with Crippen molar-refractivity contribution in [2.45, 2.75) is 58.9 Å². The normalized spacial score (nSPS) is 20.2. The van der Waals surface area contributed by atoms with Gasteiger partial charge in [0.25, 0.3) is 0 Å². The monoisotopic (exact) mass is 284 g/mol. The molecule has 0 spiro atoms. The van der Waals surface area contributed by atoms with Crippen molar-refractivity contribution in [2.75, 3.05) is 13.6 Å². The quantitative estimate of drug-likeness (QED) is 0.815. The Labute approximate surface area is 121 Å². The van der Waals surface area contributed by atoms with E-state index in [0.717, 1.165) is 25.7 Å². The molecular weight excluding hydrogens is 256 g/mol. The fourth-order valence-corrected chi connectivity index (χ4v) is 2.69. The number of hydrogen-bond donors (Lipinski definition) is 2. The summed E-state index contributed by atoms with van der Waals surface area (Å²) in [4.78, 5) is 24.4. The van der Waals surface area contributed by atoms with Crippen LogP contribution >= 0.6 is 0 Å². The lowest BCUT2D eigenvalue weighted by atomic mass is 9.75. The second-order valence-electron chi connectivity index (χ2n) is 6.90. The number of carboxylic acids is 1. The second kappa shape index (κ2) is 6.95. The molecule has 2 amide bonds. The molecule has 1 fully saturated rings. The molecule has 0 aromatic heterocycles. The van der Waals surface area contributed by atoms with Crippen molar-refractivity contribution in [2.24, 2.45) is 11.3 Å². The van der Waals surface area contributed by atoms with Crippen LogP contribution in [0.4, 0.5) is 4.79 Å². The van der Waals surface area contributed by atoms with Crippen LogP contribution in [0.15, 0.2) is 0 Å².